The van der Waals surface area contributed by atoms with Crippen molar-refractivity contribution in [2.75, 3.05) is 31.6 Å². The summed E-state index contributed by atoms with van der Waals surface area (Å²) < 4.78 is 5.71. The molecule has 2 nitrogen and oxygen atoms in total. The van der Waals surface area contributed by atoms with E-state index in [0.717, 1.165) is 30.0 Å². The summed E-state index contributed by atoms with van der Waals surface area (Å²) >= 11 is 3.58. The van der Waals surface area contributed by atoms with Crippen LogP contribution in [-0.4, -0.2) is 36.5 Å². The molecule has 0 amide bonds. The lowest BCUT2D eigenvalue weighted by molar-refractivity contribution is 0.179. The van der Waals surface area contributed by atoms with Gasteiger partial charge in [-0.05, 0) is 50.4 Å². The lowest BCUT2D eigenvalue weighted by atomic mass is 9.99. The van der Waals surface area contributed by atoms with Gasteiger partial charge in [-0.25, -0.2) is 0 Å². The molecule has 0 radical (unpaired) electrons. The van der Waals surface area contributed by atoms with Crippen LogP contribution in [0.25, 0.3) is 0 Å². The number of ether oxygens (including phenoxy) is 1. The molecule has 1 saturated heterocycles. The van der Waals surface area contributed by atoms with Gasteiger partial charge in [0, 0.05) is 11.9 Å². The van der Waals surface area contributed by atoms with Gasteiger partial charge in [0.2, 0.25) is 0 Å². The average Bonchev–Trinajstić information content (AvgIpc) is 2.45. The van der Waals surface area contributed by atoms with Crippen LogP contribution >= 0.6 is 15.9 Å². The fourth-order valence-electron chi connectivity index (χ4n) is 2.36. The Bertz CT molecular complexity index is 323. The van der Waals surface area contributed by atoms with Gasteiger partial charge in [-0.15, -0.1) is 0 Å². The number of hydrogen-bond acceptors (Lipinski definition) is 2. The summed E-state index contributed by atoms with van der Waals surface area (Å²) in [7, 11) is 0. The fraction of sp³-hybridized carbons (Fsp3) is 0.600. The zero-order valence-electron chi connectivity index (χ0n) is 10.9. The predicted octanol–water partition coefficient (Wildman–Crippen LogP) is 3.56. The SMILES string of the molecule is BrCC1CCN(CCCOc2ccccc2)CC1. The molecule has 0 aromatic heterocycles. The highest BCUT2D eigenvalue weighted by molar-refractivity contribution is 9.09. The van der Waals surface area contributed by atoms with Crippen molar-refractivity contribution >= 4 is 15.9 Å². The molecule has 1 aromatic carbocycles. The second kappa shape index (κ2) is 7.80. The number of benzene rings is 1. The minimum absolute atomic E-state index is 0.822. The van der Waals surface area contributed by atoms with E-state index in [9.17, 15) is 0 Å². The molecule has 0 atom stereocenters. The molecule has 0 aliphatic carbocycles. The van der Waals surface area contributed by atoms with E-state index in [1.54, 1.807) is 0 Å². The number of nitrogens with zero attached hydrogens (tertiary/aromatic N) is 1. The first-order valence-corrected chi connectivity index (χ1v) is 7.97. The molecule has 0 unspecified atom stereocenters. The largest absolute Gasteiger partial charge is 0.494 e. The Kier molecular flexibility index (Phi) is 6.01. The predicted molar refractivity (Wildman–Crippen MR) is 79.5 cm³/mol. The Morgan fingerprint density at radius 3 is 2.56 bits per heavy atom. The highest BCUT2D eigenvalue weighted by Crippen LogP contribution is 2.19. The molecule has 1 fully saturated rings. The molecule has 18 heavy (non-hydrogen) atoms. The van der Waals surface area contributed by atoms with Gasteiger partial charge >= 0.3 is 0 Å². The van der Waals surface area contributed by atoms with Crippen LogP contribution in [0, 0.1) is 5.92 Å². The van der Waals surface area contributed by atoms with Gasteiger partial charge in [0.05, 0.1) is 6.61 Å². The van der Waals surface area contributed by atoms with Crippen LogP contribution in [0.2, 0.25) is 0 Å². The van der Waals surface area contributed by atoms with Crippen molar-refractivity contribution in [1.29, 1.82) is 0 Å². The van der Waals surface area contributed by atoms with Gasteiger partial charge in [0.15, 0.2) is 0 Å². The van der Waals surface area contributed by atoms with Crippen molar-refractivity contribution in [2.24, 2.45) is 5.92 Å². The molecule has 1 heterocycles. The molecule has 1 aliphatic heterocycles. The molecule has 100 valence electrons. The summed E-state index contributed by atoms with van der Waals surface area (Å²) in [6.07, 6.45) is 3.80. The van der Waals surface area contributed by atoms with Crippen molar-refractivity contribution in [3.05, 3.63) is 30.3 Å². The van der Waals surface area contributed by atoms with Gasteiger partial charge in [-0.3, -0.25) is 0 Å². The van der Waals surface area contributed by atoms with E-state index in [-0.39, 0.29) is 0 Å². The maximum Gasteiger partial charge on any atom is 0.119 e. The van der Waals surface area contributed by atoms with Gasteiger partial charge in [-0.2, -0.15) is 0 Å². The molecule has 0 bridgehead atoms. The van der Waals surface area contributed by atoms with Gasteiger partial charge in [0.1, 0.15) is 5.75 Å². The molecule has 0 saturated carbocycles. The Morgan fingerprint density at radius 2 is 1.89 bits per heavy atom. The third kappa shape index (κ3) is 4.62. The molecule has 2 rings (SSSR count). The number of alkyl halides is 1. The number of para-hydroxylation sites is 1. The Labute approximate surface area is 118 Å². The van der Waals surface area contributed by atoms with Crippen LogP contribution in [0.4, 0.5) is 0 Å². The zero-order chi connectivity index (χ0) is 12.6. The lowest BCUT2D eigenvalue weighted by Gasteiger charge is -2.30. The van der Waals surface area contributed by atoms with Crippen molar-refractivity contribution in [3.63, 3.8) is 0 Å². The number of halogens is 1. The van der Waals surface area contributed by atoms with E-state index in [1.165, 1.54) is 32.5 Å². The van der Waals surface area contributed by atoms with Crippen LogP contribution in [0.5, 0.6) is 5.75 Å². The first-order valence-electron chi connectivity index (χ1n) is 6.84. The van der Waals surface area contributed by atoms with Gasteiger partial charge in [0.25, 0.3) is 0 Å². The summed E-state index contributed by atoms with van der Waals surface area (Å²) in [4.78, 5) is 2.56. The molecule has 0 N–H and O–H groups in total. The summed E-state index contributed by atoms with van der Waals surface area (Å²) in [6.45, 7) is 4.49. The number of hydrogen-bond donors (Lipinski definition) is 0. The lowest BCUT2D eigenvalue weighted by Crippen LogP contribution is -2.35. The minimum atomic E-state index is 0.822. The van der Waals surface area contributed by atoms with Crippen molar-refractivity contribution in [1.82, 2.24) is 4.90 Å². The Hall–Kier alpha value is -0.540. The number of likely N-dealkylation sites (tertiary alicyclic amines) is 1. The Balaban J connectivity index is 1.56. The normalized spacial score (nSPS) is 17.8. The summed E-state index contributed by atoms with van der Waals surface area (Å²) in [5, 5.41) is 1.16. The van der Waals surface area contributed by atoms with Crippen LogP contribution in [-0.2, 0) is 0 Å². The fourth-order valence-corrected chi connectivity index (χ4v) is 3.01. The highest BCUT2D eigenvalue weighted by Gasteiger charge is 2.17. The third-order valence-corrected chi connectivity index (χ3v) is 4.47. The van der Waals surface area contributed by atoms with E-state index in [0.29, 0.717) is 0 Å². The zero-order valence-corrected chi connectivity index (χ0v) is 12.4. The van der Waals surface area contributed by atoms with E-state index in [4.69, 9.17) is 4.74 Å². The maximum atomic E-state index is 5.71. The average molecular weight is 312 g/mol. The third-order valence-electron chi connectivity index (χ3n) is 3.56. The molecule has 1 aliphatic rings. The number of rotatable bonds is 6. The molecule has 0 spiro atoms. The summed E-state index contributed by atoms with van der Waals surface area (Å²) in [5.74, 6) is 1.87. The molecule has 3 heteroatoms. The summed E-state index contributed by atoms with van der Waals surface area (Å²) in [5.41, 5.74) is 0. The monoisotopic (exact) mass is 311 g/mol. The maximum absolute atomic E-state index is 5.71. The first kappa shape index (κ1) is 13.9. The van der Waals surface area contributed by atoms with E-state index in [1.807, 2.05) is 30.3 Å². The van der Waals surface area contributed by atoms with Crippen molar-refractivity contribution in [3.8, 4) is 5.75 Å². The summed E-state index contributed by atoms with van der Waals surface area (Å²) in [6, 6.07) is 10.1. The van der Waals surface area contributed by atoms with E-state index >= 15 is 0 Å². The number of piperidine rings is 1. The van der Waals surface area contributed by atoms with Gasteiger partial charge in [-0.1, -0.05) is 34.1 Å². The second-order valence-electron chi connectivity index (χ2n) is 4.95. The highest BCUT2D eigenvalue weighted by atomic mass is 79.9. The standard InChI is InChI=1S/C15H22BrNO/c16-13-14-7-10-17(11-8-14)9-4-12-18-15-5-2-1-3-6-15/h1-3,5-6,14H,4,7-13H2. The molecule has 1 aromatic rings. The first-order chi connectivity index (χ1) is 8.88. The molecular formula is C15H22BrNO. The van der Waals surface area contributed by atoms with Crippen molar-refractivity contribution in [2.45, 2.75) is 19.3 Å². The minimum Gasteiger partial charge on any atom is -0.494 e. The quantitative estimate of drug-likeness (QED) is 0.588. The van der Waals surface area contributed by atoms with E-state index < -0.39 is 0 Å². The molecular weight excluding hydrogens is 290 g/mol. The Morgan fingerprint density at radius 1 is 1.17 bits per heavy atom. The van der Waals surface area contributed by atoms with Crippen molar-refractivity contribution < 1.29 is 4.74 Å². The van der Waals surface area contributed by atoms with Crippen LogP contribution in [0.1, 0.15) is 19.3 Å². The second-order valence-corrected chi connectivity index (χ2v) is 5.60. The smallest absolute Gasteiger partial charge is 0.119 e. The van der Waals surface area contributed by atoms with Crippen LogP contribution in [0.3, 0.4) is 0 Å². The van der Waals surface area contributed by atoms with Crippen LogP contribution < -0.4 is 4.74 Å². The van der Waals surface area contributed by atoms with E-state index in [2.05, 4.69) is 20.8 Å². The van der Waals surface area contributed by atoms with Gasteiger partial charge < -0.3 is 9.64 Å². The van der Waals surface area contributed by atoms with Crippen LogP contribution in [0.15, 0.2) is 30.3 Å². The topological polar surface area (TPSA) is 12.5 Å².